The van der Waals surface area contributed by atoms with E-state index in [4.69, 9.17) is 0 Å². The molecular weight excluding hydrogens is 146 g/mol. The smallest absolute Gasteiger partial charge is 0.00417 e. The van der Waals surface area contributed by atoms with Crippen LogP contribution in [0.3, 0.4) is 0 Å². The van der Waals surface area contributed by atoms with Crippen molar-refractivity contribution in [3.8, 4) is 0 Å². The SMILES string of the molecule is C=CCCC(C)NCC1CCC1. The highest BCUT2D eigenvalue weighted by Crippen LogP contribution is 2.25. The maximum absolute atomic E-state index is 3.73. The van der Waals surface area contributed by atoms with Crippen molar-refractivity contribution in [1.29, 1.82) is 0 Å². The van der Waals surface area contributed by atoms with Crippen LogP contribution in [-0.4, -0.2) is 12.6 Å². The molecule has 1 atom stereocenters. The second kappa shape index (κ2) is 5.36. The number of hydrogen-bond acceptors (Lipinski definition) is 1. The molecule has 1 unspecified atom stereocenters. The molecule has 1 rings (SSSR count). The van der Waals surface area contributed by atoms with Crippen molar-refractivity contribution in [2.24, 2.45) is 5.92 Å². The Labute approximate surface area is 76.2 Å². The lowest BCUT2D eigenvalue weighted by molar-refractivity contribution is 0.289. The third-order valence-corrected chi connectivity index (χ3v) is 2.78. The number of hydrogen-bond donors (Lipinski definition) is 1. The first kappa shape index (κ1) is 9.79. The lowest BCUT2D eigenvalue weighted by Crippen LogP contribution is -2.33. The molecule has 12 heavy (non-hydrogen) atoms. The maximum Gasteiger partial charge on any atom is 0.00417 e. The van der Waals surface area contributed by atoms with Crippen LogP contribution in [0.25, 0.3) is 0 Å². The van der Waals surface area contributed by atoms with Gasteiger partial charge in [-0.2, -0.15) is 0 Å². The van der Waals surface area contributed by atoms with Crippen LogP contribution in [0.1, 0.15) is 39.0 Å². The Morgan fingerprint density at radius 3 is 2.83 bits per heavy atom. The van der Waals surface area contributed by atoms with Crippen molar-refractivity contribution in [2.75, 3.05) is 6.54 Å². The summed E-state index contributed by atoms with van der Waals surface area (Å²) in [5.74, 6) is 0.983. The van der Waals surface area contributed by atoms with E-state index in [1.807, 2.05) is 6.08 Å². The summed E-state index contributed by atoms with van der Waals surface area (Å²) in [4.78, 5) is 0. The lowest BCUT2D eigenvalue weighted by atomic mass is 9.85. The highest BCUT2D eigenvalue weighted by Gasteiger charge is 2.17. The van der Waals surface area contributed by atoms with Crippen molar-refractivity contribution in [3.05, 3.63) is 12.7 Å². The van der Waals surface area contributed by atoms with E-state index in [0.29, 0.717) is 6.04 Å². The van der Waals surface area contributed by atoms with Crippen molar-refractivity contribution in [2.45, 2.75) is 45.1 Å². The molecule has 1 N–H and O–H groups in total. The Kier molecular flexibility index (Phi) is 4.37. The molecule has 1 fully saturated rings. The van der Waals surface area contributed by atoms with Gasteiger partial charge in [0, 0.05) is 6.04 Å². The van der Waals surface area contributed by atoms with Crippen LogP contribution < -0.4 is 5.32 Å². The quantitative estimate of drug-likeness (QED) is 0.600. The van der Waals surface area contributed by atoms with Crippen LogP contribution in [0.4, 0.5) is 0 Å². The second-order valence-corrected chi connectivity index (χ2v) is 3.97. The molecule has 1 saturated carbocycles. The summed E-state index contributed by atoms with van der Waals surface area (Å²) in [6, 6.07) is 0.670. The third-order valence-electron chi connectivity index (χ3n) is 2.78. The molecule has 0 spiro atoms. The fraction of sp³-hybridized carbons (Fsp3) is 0.818. The molecule has 1 heteroatoms. The normalized spacial score (nSPS) is 20.1. The van der Waals surface area contributed by atoms with Gasteiger partial charge in [0.2, 0.25) is 0 Å². The molecule has 1 aliphatic rings. The standard InChI is InChI=1S/C11H21N/c1-3-4-6-10(2)12-9-11-7-5-8-11/h3,10-12H,1,4-9H2,2H3. The zero-order valence-corrected chi connectivity index (χ0v) is 8.18. The molecule has 0 aromatic heterocycles. The highest BCUT2D eigenvalue weighted by atomic mass is 14.9. The van der Waals surface area contributed by atoms with Crippen molar-refractivity contribution in [1.82, 2.24) is 5.32 Å². The van der Waals surface area contributed by atoms with Gasteiger partial charge in [-0.25, -0.2) is 0 Å². The van der Waals surface area contributed by atoms with E-state index in [9.17, 15) is 0 Å². The third kappa shape index (κ3) is 3.40. The molecule has 0 amide bonds. The predicted molar refractivity (Wildman–Crippen MR) is 54.2 cm³/mol. The van der Waals surface area contributed by atoms with Gasteiger partial charge in [-0.1, -0.05) is 12.5 Å². The fourth-order valence-electron chi connectivity index (χ4n) is 1.53. The summed E-state index contributed by atoms with van der Waals surface area (Å²) in [7, 11) is 0. The van der Waals surface area contributed by atoms with Gasteiger partial charge >= 0.3 is 0 Å². The monoisotopic (exact) mass is 167 g/mol. The van der Waals surface area contributed by atoms with Crippen LogP contribution >= 0.6 is 0 Å². The average molecular weight is 167 g/mol. The van der Waals surface area contributed by atoms with Gasteiger partial charge in [0.1, 0.15) is 0 Å². The molecule has 70 valence electrons. The lowest BCUT2D eigenvalue weighted by Gasteiger charge is -2.27. The molecule has 0 aromatic rings. The van der Waals surface area contributed by atoms with Gasteiger partial charge in [-0.05, 0) is 45.1 Å². The van der Waals surface area contributed by atoms with Gasteiger partial charge < -0.3 is 5.32 Å². The molecule has 0 aromatic carbocycles. The molecule has 1 nitrogen and oxygen atoms in total. The maximum atomic E-state index is 3.73. The van der Waals surface area contributed by atoms with Gasteiger partial charge in [-0.15, -0.1) is 6.58 Å². The van der Waals surface area contributed by atoms with Crippen LogP contribution in [0.15, 0.2) is 12.7 Å². The summed E-state index contributed by atoms with van der Waals surface area (Å²) in [5, 5.41) is 3.57. The molecule has 1 aliphatic carbocycles. The van der Waals surface area contributed by atoms with Crippen LogP contribution in [0, 0.1) is 5.92 Å². The minimum Gasteiger partial charge on any atom is -0.314 e. The molecule has 0 saturated heterocycles. The van der Waals surface area contributed by atoms with E-state index < -0.39 is 0 Å². The zero-order chi connectivity index (χ0) is 8.81. The van der Waals surface area contributed by atoms with Crippen LogP contribution in [-0.2, 0) is 0 Å². The van der Waals surface area contributed by atoms with Gasteiger partial charge in [0.25, 0.3) is 0 Å². The Balaban J connectivity index is 1.93. The summed E-state index contributed by atoms with van der Waals surface area (Å²) >= 11 is 0. The molecule has 0 heterocycles. The summed E-state index contributed by atoms with van der Waals surface area (Å²) < 4.78 is 0. The van der Waals surface area contributed by atoms with Crippen LogP contribution in [0.5, 0.6) is 0 Å². The second-order valence-electron chi connectivity index (χ2n) is 3.97. The summed E-state index contributed by atoms with van der Waals surface area (Å²) in [6.45, 7) is 7.23. The van der Waals surface area contributed by atoms with E-state index in [0.717, 1.165) is 12.3 Å². The van der Waals surface area contributed by atoms with Crippen molar-refractivity contribution >= 4 is 0 Å². The summed E-state index contributed by atoms with van der Waals surface area (Å²) in [5.41, 5.74) is 0. The molecular formula is C11H21N. The summed E-state index contributed by atoms with van der Waals surface area (Å²) in [6.07, 6.45) is 8.71. The molecule has 0 aliphatic heterocycles. The van der Waals surface area contributed by atoms with E-state index in [2.05, 4.69) is 18.8 Å². The molecule has 0 radical (unpaired) electrons. The first-order chi connectivity index (χ1) is 5.83. The first-order valence-corrected chi connectivity index (χ1v) is 5.17. The Hall–Kier alpha value is -0.300. The number of rotatable bonds is 6. The molecule has 0 bridgehead atoms. The number of nitrogens with one attached hydrogen (secondary N) is 1. The van der Waals surface area contributed by atoms with E-state index in [1.165, 1.54) is 32.2 Å². The fourth-order valence-corrected chi connectivity index (χ4v) is 1.53. The van der Waals surface area contributed by atoms with Gasteiger partial charge in [-0.3, -0.25) is 0 Å². The van der Waals surface area contributed by atoms with Crippen LogP contribution in [0.2, 0.25) is 0 Å². The highest BCUT2D eigenvalue weighted by molar-refractivity contribution is 4.75. The Morgan fingerprint density at radius 2 is 2.33 bits per heavy atom. The minimum absolute atomic E-state index is 0.670. The van der Waals surface area contributed by atoms with Crippen molar-refractivity contribution in [3.63, 3.8) is 0 Å². The minimum atomic E-state index is 0.670. The van der Waals surface area contributed by atoms with E-state index in [1.54, 1.807) is 0 Å². The van der Waals surface area contributed by atoms with Gasteiger partial charge in [0.15, 0.2) is 0 Å². The number of allylic oxidation sites excluding steroid dienone is 1. The zero-order valence-electron chi connectivity index (χ0n) is 8.18. The average Bonchev–Trinajstić information content (AvgIpc) is 1.98. The van der Waals surface area contributed by atoms with E-state index in [-0.39, 0.29) is 0 Å². The largest absolute Gasteiger partial charge is 0.314 e. The Bertz CT molecular complexity index is 127. The topological polar surface area (TPSA) is 12.0 Å². The predicted octanol–water partition coefficient (Wildman–Crippen LogP) is 2.73. The Morgan fingerprint density at radius 1 is 1.58 bits per heavy atom. The van der Waals surface area contributed by atoms with Gasteiger partial charge in [0.05, 0.1) is 0 Å². The first-order valence-electron chi connectivity index (χ1n) is 5.17. The van der Waals surface area contributed by atoms with E-state index >= 15 is 0 Å². The van der Waals surface area contributed by atoms with Crippen molar-refractivity contribution < 1.29 is 0 Å².